The van der Waals surface area contributed by atoms with Crippen LogP contribution in [0.5, 0.6) is 0 Å². The van der Waals surface area contributed by atoms with E-state index in [1.54, 1.807) is 11.8 Å². The molecule has 7 heteroatoms. The van der Waals surface area contributed by atoms with Crippen molar-refractivity contribution in [2.24, 2.45) is 0 Å². The van der Waals surface area contributed by atoms with Gasteiger partial charge in [-0.3, -0.25) is 10.1 Å². The summed E-state index contributed by atoms with van der Waals surface area (Å²) in [4.78, 5) is 33.8. The summed E-state index contributed by atoms with van der Waals surface area (Å²) in [6, 6.07) is -0.595. The van der Waals surface area contributed by atoms with E-state index in [0.717, 1.165) is 12.8 Å². The quantitative estimate of drug-likeness (QED) is 0.658. The molecule has 1 fully saturated rings. The molecule has 0 unspecified atom stereocenters. The summed E-state index contributed by atoms with van der Waals surface area (Å²) in [6.07, 6.45) is 4.10. The summed E-state index contributed by atoms with van der Waals surface area (Å²) in [5.74, 6) is -1.86. The van der Waals surface area contributed by atoms with Crippen molar-refractivity contribution in [1.82, 2.24) is 10.6 Å². The van der Waals surface area contributed by atoms with E-state index in [0.29, 0.717) is 6.54 Å². The summed E-state index contributed by atoms with van der Waals surface area (Å²) >= 11 is 1.70. The zero-order chi connectivity index (χ0) is 14.6. The zero-order valence-electron chi connectivity index (χ0n) is 11.2. The van der Waals surface area contributed by atoms with Gasteiger partial charge in [-0.25, -0.2) is 9.59 Å². The largest absolute Gasteiger partial charge is 0.478 e. The fourth-order valence-corrected chi connectivity index (χ4v) is 2.13. The van der Waals surface area contributed by atoms with E-state index in [9.17, 15) is 14.4 Å². The first-order valence-electron chi connectivity index (χ1n) is 5.86. The SMILES string of the molecule is CSC1(CNC(=O)NC(=O)C(C)=C(C)C(=O)O)CC1. The molecule has 0 spiro atoms. The number of amides is 3. The molecule has 1 rings (SSSR count). The van der Waals surface area contributed by atoms with Crippen LogP contribution in [-0.2, 0) is 9.59 Å². The van der Waals surface area contributed by atoms with Crippen LogP contribution in [-0.4, -0.2) is 40.6 Å². The third kappa shape index (κ3) is 4.27. The molecule has 0 radical (unpaired) electrons. The number of carbonyl (C=O) groups is 3. The second-order valence-corrected chi connectivity index (χ2v) is 5.85. The average molecular weight is 286 g/mol. The highest BCUT2D eigenvalue weighted by molar-refractivity contribution is 8.00. The van der Waals surface area contributed by atoms with Gasteiger partial charge in [0, 0.05) is 22.4 Å². The molecular formula is C12H18N2O4S. The van der Waals surface area contributed by atoms with E-state index in [1.807, 2.05) is 6.26 Å². The highest BCUT2D eigenvalue weighted by Crippen LogP contribution is 2.46. The normalized spacial score (nSPS) is 17.2. The molecule has 1 aliphatic carbocycles. The lowest BCUT2D eigenvalue weighted by Crippen LogP contribution is -2.43. The van der Waals surface area contributed by atoms with Crippen LogP contribution in [0, 0.1) is 0 Å². The van der Waals surface area contributed by atoms with Gasteiger partial charge >= 0.3 is 12.0 Å². The number of urea groups is 1. The van der Waals surface area contributed by atoms with Gasteiger partial charge in [0.25, 0.3) is 5.91 Å². The fraction of sp³-hybridized carbons (Fsp3) is 0.583. The predicted molar refractivity (Wildman–Crippen MR) is 73.0 cm³/mol. The summed E-state index contributed by atoms with van der Waals surface area (Å²) in [5.41, 5.74) is -0.0540. The second kappa shape index (κ2) is 6.10. The van der Waals surface area contributed by atoms with Crippen LogP contribution in [0.2, 0.25) is 0 Å². The molecule has 3 amide bonds. The summed E-state index contributed by atoms with van der Waals surface area (Å²) in [7, 11) is 0. The molecule has 0 aromatic carbocycles. The van der Waals surface area contributed by atoms with Gasteiger partial charge in [-0.15, -0.1) is 0 Å². The first-order valence-corrected chi connectivity index (χ1v) is 7.09. The number of hydrogen-bond donors (Lipinski definition) is 3. The number of thioether (sulfide) groups is 1. The number of hydrogen-bond acceptors (Lipinski definition) is 4. The molecule has 1 aliphatic rings. The predicted octanol–water partition coefficient (Wildman–Crippen LogP) is 1.13. The lowest BCUT2D eigenvalue weighted by Gasteiger charge is -2.13. The molecule has 6 nitrogen and oxygen atoms in total. The van der Waals surface area contributed by atoms with Crippen LogP contribution in [0.1, 0.15) is 26.7 Å². The maximum absolute atomic E-state index is 11.6. The lowest BCUT2D eigenvalue weighted by molar-refractivity contribution is -0.133. The van der Waals surface area contributed by atoms with Gasteiger partial charge in [-0.05, 0) is 32.9 Å². The van der Waals surface area contributed by atoms with Gasteiger partial charge in [-0.2, -0.15) is 11.8 Å². The van der Waals surface area contributed by atoms with E-state index in [1.165, 1.54) is 13.8 Å². The Morgan fingerprint density at radius 1 is 1.21 bits per heavy atom. The van der Waals surface area contributed by atoms with Crippen molar-refractivity contribution < 1.29 is 19.5 Å². The summed E-state index contributed by atoms with van der Waals surface area (Å²) < 4.78 is 0.113. The number of carbonyl (C=O) groups excluding carboxylic acids is 2. The molecule has 3 N–H and O–H groups in total. The van der Waals surface area contributed by atoms with Crippen LogP contribution in [0.25, 0.3) is 0 Å². The number of carboxylic acids is 1. The van der Waals surface area contributed by atoms with E-state index < -0.39 is 17.9 Å². The molecule has 0 heterocycles. The topological polar surface area (TPSA) is 95.5 Å². The Kier molecular flexibility index (Phi) is 4.99. The number of carboxylic acid groups (broad SMARTS) is 1. The van der Waals surface area contributed by atoms with Gasteiger partial charge < -0.3 is 10.4 Å². The standard InChI is InChI=1S/C12H18N2O4S/c1-7(8(2)10(16)17)9(15)14-11(18)13-6-12(19-3)4-5-12/h4-6H2,1-3H3,(H,16,17)(H2,13,14,15,18). The van der Waals surface area contributed by atoms with Crippen LogP contribution >= 0.6 is 11.8 Å². The fourth-order valence-electron chi connectivity index (χ4n) is 1.41. The van der Waals surface area contributed by atoms with Crippen molar-refractivity contribution in [3.63, 3.8) is 0 Å². The minimum absolute atomic E-state index is 0.0219. The first kappa shape index (κ1) is 15.6. The summed E-state index contributed by atoms with van der Waals surface area (Å²) in [6.45, 7) is 3.20. The van der Waals surface area contributed by atoms with Gasteiger partial charge in [0.05, 0.1) is 0 Å². The Bertz CT molecular complexity index is 441. The maximum atomic E-state index is 11.6. The molecular weight excluding hydrogens is 268 g/mol. The van der Waals surface area contributed by atoms with Gasteiger partial charge in [0.15, 0.2) is 0 Å². The molecule has 0 aliphatic heterocycles. The van der Waals surface area contributed by atoms with E-state index in [2.05, 4.69) is 10.6 Å². The Balaban J connectivity index is 2.46. The summed E-state index contributed by atoms with van der Waals surface area (Å²) in [5, 5.41) is 13.5. The maximum Gasteiger partial charge on any atom is 0.331 e. The van der Waals surface area contributed by atoms with Crippen LogP contribution in [0.3, 0.4) is 0 Å². The number of nitrogens with one attached hydrogen (secondary N) is 2. The van der Waals surface area contributed by atoms with Gasteiger partial charge in [0.2, 0.25) is 0 Å². The number of rotatable bonds is 5. The first-order chi connectivity index (χ1) is 8.81. The van der Waals surface area contributed by atoms with Crippen molar-refractivity contribution >= 4 is 29.7 Å². The Labute approximate surface area is 116 Å². The molecule has 1 saturated carbocycles. The third-order valence-corrected chi connectivity index (χ3v) is 4.68. The van der Waals surface area contributed by atoms with Crippen molar-refractivity contribution in [1.29, 1.82) is 0 Å². The minimum Gasteiger partial charge on any atom is -0.478 e. The molecule has 0 atom stereocenters. The van der Waals surface area contributed by atoms with E-state index in [-0.39, 0.29) is 15.9 Å². The molecule has 19 heavy (non-hydrogen) atoms. The van der Waals surface area contributed by atoms with Crippen LogP contribution in [0.15, 0.2) is 11.1 Å². The van der Waals surface area contributed by atoms with Gasteiger partial charge in [0.1, 0.15) is 0 Å². The van der Waals surface area contributed by atoms with Crippen LogP contribution in [0.4, 0.5) is 4.79 Å². The zero-order valence-corrected chi connectivity index (χ0v) is 12.0. The molecule has 106 valence electrons. The highest BCUT2D eigenvalue weighted by atomic mass is 32.2. The smallest absolute Gasteiger partial charge is 0.331 e. The van der Waals surface area contributed by atoms with E-state index >= 15 is 0 Å². The number of aliphatic carboxylic acids is 1. The lowest BCUT2D eigenvalue weighted by atomic mass is 10.1. The Morgan fingerprint density at radius 3 is 2.21 bits per heavy atom. The highest BCUT2D eigenvalue weighted by Gasteiger charge is 2.42. The van der Waals surface area contributed by atoms with Crippen molar-refractivity contribution in [2.45, 2.75) is 31.4 Å². The van der Waals surface area contributed by atoms with Crippen molar-refractivity contribution in [2.75, 3.05) is 12.8 Å². The average Bonchev–Trinajstić information content (AvgIpc) is 3.15. The second-order valence-electron chi connectivity index (χ2n) is 4.58. The Hall–Kier alpha value is -1.50. The molecule has 0 bridgehead atoms. The van der Waals surface area contributed by atoms with E-state index in [4.69, 9.17) is 5.11 Å². The van der Waals surface area contributed by atoms with Crippen LogP contribution < -0.4 is 10.6 Å². The Morgan fingerprint density at radius 2 is 1.79 bits per heavy atom. The third-order valence-electron chi connectivity index (χ3n) is 3.26. The van der Waals surface area contributed by atoms with Gasteiger partial charge in [-0.1, -0.05) is 0 Å². The molecule has 0 saturated heterocycles. The molecule has 0 aromatic heterocycles. The van der Waals surface area contributed by atoms with Crippen molar-refractivity contribution in [3.8, 4) is 0 Å². The van der Waals surface area contributed by atoms with Crippen molar-refractivity contribution in [3.05, 3.63) is 11.1 Å². The number of imide groups is 1. The minimum atomic E-state index is -1.17. The monoisotopic (exact) mass is 286 g/mol. The molecule has 0 aromatic rings.